The average molecular weight is 294 g/mol. The van der Waals surface area contributed by atoms with Crippen LogP contribution in [0.4, 0.5) is 0 Å². The lowest BCUT2D eigenvalue weighted by molar-refractivity contribution is -0.0485. The van der Waals surface area contributed by atoms with E-state index >= 15 is 0 Å². The van der Waals surface area contributed by atoms with E-state index in [1.165, 1.54) is 7.11 Å². The van der Waals surface area contributed by atoms with Gasteiger partial charge in [0, 0.05) is 0 Å². The van der Waals surface area contributed by atoms with Gasteiger partial charge in [-0.25, -0.2) is 4.79 Å². The van der Waals surface area contributed by atoms with Crippen LogP contribution < -0.4 is 0 Å². The lowest BCUT2D eigenvalue weighted by Gasteiger charge is -2.41. The Morgan fingerprint density at radius 3 is 2.57 bits per heavy atom. The number of ether oxygens (including phenoxy) is 1. The molecule has 0 spiro atoms. The third kappa shape index (κ3) is 3.15. The maximum absolute atomic E-state index is 11.4. The number of carbonyl (C=O) groups is 1. The van der Waals surface area contributed by atoms with Gasteiger partial charge in [0.1, 0.15) is 11.4 Å². The van der Waals surface area contributed by atoms with Crippen LogP contribution in [0.3, 0.4) is 0 Å². The minimum Gasteiger partial charge on any atom is -0.463 e. The maximum Gasteiger partial charge on any atom is 0.373 e. The molecule has 4 heteroatoms. The molecule has 0 amide bonds. The monoisotopic (exact) mass is 294 g/mol. The lowest BCUT2D eigenvalue weighted by Crippen LogP contribution is -2.36. The fraction of sp³-hybridized carbons (Fsp3) is 0.706. The van der Waals surface area contributed by atoms with Crippen LogP contribution in [0.25, 0.3) is 0 Å². The third-order valence-corrected chi connectivity index (χ3v) is 5.28. The first-order valence-corrected chi connectivity index (χ1v) is 7.73. The van der Waals surface area contributed by atoms with Gasteiger partial charge in [-0.2, -0.15) is 0 Å². The van der Waals surface area contributed by atoms with Crippen molar-refractivity contribution in [1.29, 1.82) is 0 Å². The first kappa shape index (κ1) is 16.1. The zero-order valence-corrected chi connectivity index (χ0v) is 13.4. The molecule has 1 aliphatic rings. The number of hydrogen-bond acceptors (Lipinski definition) is 4. The van der Waals surface area contributed by atoms with Gasteiger partial charge in [0.05, 0.1) is 7.11 Å². The van der Waals surface area contributed by atoms with E-state index in [2.05, 4.69) is 25.5 Å². The molecule has 0 aliphatic heterocycles. The number of rotatable bonds is 4. The molecule has 0 bridgehead atoms. The maximum atomic E-state index is 11.4. The Hall–Kier alpha value is -1.29. The van der Waals surface area contributed by atoms with Crippen LogP contribution in [0, 0.1) is 11.3 Å². The zero-order chi connectivity index (χ0) is 15.7. The second kappa shape index (κ2) is 5.84. The van der Waals surface area contributed by atoms with Crippen molar-refractivity contribution < 1.29 is 19.1 Å². The van der Waals surface area contributed by atoms with Crippen LogP contribution >= 0.6 is 0 Å². The van der Waals surface area contributed by atoms with Gasteiger partial charge in [0.15, 0.2) is 0 Å². The summed E-state index contributed by atoms with van der Waals surface area (Å²) in [5.74, 6) is 0.746. The molecule has 0 aromatic carbocycles. The van der Waals surface area contributed by atoms with Gasteiger partial charge < -0.3 is 14.3 Å². The van der Waals surface area contributed by atoms with Crippen molar-refractivity contribution in [2.75, 3.05) is 7.11 Å². The Morgan fingerprint density at radius 2 is 2.05 bits per heavy atom. The SMILES string of the molecule is CCC(C)(C)C1CCC(O)(c2ccc(C(=O)OC)o2)CC1. The molecule has 1 fully saturated rings. The van der Waals surface area contributed by atoms with Gasteiger partial charge in [0.2, 0.25) is 5.76 Å². The molecule has 0 radical (unpaired) electrons. The largest absolute Gasteiger partial charge is 0.463 e. The number of furan rings is 1. The summed E-state index contributed by atoms with van der Waals surface area (Å²) in [4.78, 5) is 11.4. The topological polar surface area (TPSA) is 59.7 Å². The minimum absolute atomic E-state index is 0.150. The van der Waals surface area contributed by atoms with Crippen LogP contribution in [0.2, 0.25) is 0 Å². The molecule has 1 N–H and O–H groups in total. The molecule has 2 rings (SSSR count). The van der Waals surface area contributed by atoms with Crippen LogP contribution in [0.15, 0.2) is 16.5 Å². The summed E-state index contributed by atoms with van der Waals surface area (Å²) in [6, 6.07) is 3.26. The summed E-state index contributed by atoms with van der Waals surface area (Å²) >= 11 is 0. The predicted molar refractivity (Wildman–Crippen MR) is 80.0 cm³/mol. The average Bonchev–Trinajstić information content (AvgIpc) is 2.97. The van der Waals surface area contributed by atoms with Gasteiger partial charge >= 0.3 is 5.97 Å². The van der Waals surface area contributed by atoms with E-state index in [-0.39, 0.29) is 5.76 Å². The highest BCUT2D eigenvalue weighted by molar-refractivity contribution is 5.86. The molecule has 4 nitrogen and oxygen atoms in total. The smallest absolute Gasteiger partial charge is 0.373 e. The molecule has 0 unspecified atom stereocenters. The molecule has 1 saturated carbocycles. The molecule has 0 saturated heterocycles. The molecular formula is C17H26O4. The van der Waals surface area contributed by atoms with E-state index in [9.17, 15) is 9.90 Å². The quantitative estimate of drug-likeness (QED) is 0.856. The molecule has 0 atom stereocenters. The third-order valence-electron chi connectivity index (χ3n) is 5.28. The number of aliphatic hydroxyl groups is 1. The Morgan fingerprint density at radius 1 is 1.43 bits per heavy atom. The van der Waals surface area contributed by atoms with E-state index in [1.54, 1.807) is 12.1 Å². The Kier molecular flexibility index (Phi) is 4.47. The van der Waals surface area contributed by atoms with Crippen molar-refractivity contribution in [3.8, 4) is 0 Å². The minimum atomic E-state index is -0.952. The van der Waals surface area contributed by atoms with Crippen molar-refractivity contribution in [1.82, 2.24) is 0 Å². The number of esters is 1. The lowest BCUT2D eigenvalue weighted by atomic mass is 9.66. The van der Waals surface area contributed by atoms with Crippen molar-refractivity contribution in [3.05, 3.63) is 23.7 Å². The van der Waals surface area contributed by atoms with Crippen LogP contribution in [0.1, 0.15) is 69.2 Å². The molecule has 1 aliphatic carbocycles. The molecule has 118 valence electrons. The van der Waals surface area contributed by atoms with Crippen molar-refractivity contribution in [2.45, 2.75) is 58.5 Å². The molecule has 1 heterocycles. The Balaban J connectivity index is 2.08. The van der Waals surface area contributed by atoms with Crippen LogP contribution in [0.5, 0.6) is 0 Å². The molecular weight excluding hydrogens is 268 g/mol. The van der Waals surface area contributed by atoms with Crippen molar-refractivity contribution in [2.24, 2.45) is 11.3 Å². The molecule has 21 heavy (non-hydrogen) atoms. The first-order chi connectivity index (χ1) is 9.82. The predicted octanol–water partition coefficient (Wildman–Crippen LogP) is 3.88. The van der Waals surface area contributed by atoms with E-state index in [0.29, 0.717) is 29.9 Å². The molecule has 1 aromatic rings. The fourth-order valence-corrected chi connectivity index (χ4v) is 3.21. The highest BCUT2D eigenvalue weighted by Gasteiger charge is 2.41. The van der Waals surface area contributed by atoms with Gasteiger partial charge in [0.25, 0.3) is 0 Å². The van der Waals surface area contributed by atoms with E-state index < -0.39 is 11.6 Å². The van der Waals surface area contributed by atoms with Gasteiger partial charge in [-0.15, -0.1) is 0 Å². The number of carbonyl (C=O) groups excluding carboxylic acids is 1. The summed E-state index contributed by atoms with van der Waals surface area (Å²) in [5, 5.41) is 10.8. The van der Waals surface area contributed by atoms with Crippen molar-refractivity contribution in [3.63, 3.8) is 0 Å². The van der Waals surface area contributed by atoms with E-state index in [0.717, 1.165) is 19.3 Å². The summed E-state index contributed by atoms with van der Waals surface area (Å²) in [7, 11) is 1.32. The first-order valence-electron chi connectivity index (χ1n) is 7.73. The summed E-state index contributed by atoms with van der Waals surface area (Å²) in [6.45, 7) is 6.81. The highest BCUT2D eigenvalue weighted by Crippen LogP contribution is 2.47. The van der Waals surface area contributed by atoms with Gasteiger partial charge in [-0.3, -0.25) is 0 Å². The Bertz CT molecular complexity index is 493. The Labute approximate surface area is 126 Å². The normalized spacial score (nSPS) is 26.6. The van der Waals surface area contributed by atoms with Gasteiger partial charge in [-0.05, 0) is 49.1 Å². The number of methoxy groups -OCH3 is 1. The second-order valence-corrected chi connectivity index (χ2v) is 6.80. The summed E-state index contributed by atoms with van der Waals surface area (Å²) < 4.78 is 10.1. The highest BCUT2D eigenvalue weighted by atomic mass is 16.5. The van der Waals surface area contributed by atoms with E-state index in [1.807, 2.05) is 0 Å². The zero-order valence-electron chi connectivity index (χ0n) is 13.4. The van der Waals surface area contributed by atoms with Crippen molar-refractivity contribution >= 4 is 5.97 Å². The fourth-order valence-electron chi connectivity index (χ4n) is 3.21. The van der Waals surface area contributed by atoms with Gasteiger partial charge in [-0.1, -0.05) is 27.2 Å². The summed E-state index contributed by atoms with van der Waals surface area (Å²) in [6.07, 6.45) is 4.45. The summed E-state index contributed by atoms with van der Waals surface area (Å²) in [5.41, 5.74) is -0.645. The van der Waals surface area contributed by atoms with Crippen LogP contribution in [-0.4, -0.2) is 18.2 Å². The molecule has 1 aromatic heterocycles. The number of hydrogen-bond donors (Lipinski definition) is 1. The standard InChI is InChI=1S/C17H26O4/c1-5-16(2,3)12-8-10-17(19,11-9-12)14-7-6-13(21-14)15(18)20-4/h6-7,12,19H,5,8-11H2,1-4H3. The second-order valence-electron chi connectivity index (χ2n) is 6.80. The van der Waals surface area contributed by atoms with E-state index in [4.69, 9.17) is 4.42 Å². The van der Waals surface area contributed by atoms with Crippen LogP contribution in [-0.2, 0) is 10.3 Å².